The molecule has 0 aliphatic heterocycles. The number of aromatic nitrogens is 4. The maximum atomic E-state index is 14.4. The van der Waals surface area contributed by atoms with Crippen LogP contribution < -0.4 is 20.6 Å². The third-order valence-electron chi connectivity index (χ3n) is 7.66. The van der Waals surface area contributed by atoms with Crippen molar-refractivity contribution in [3.63, 3.8) is 0 Å². The van der Waals surface area contributed by atoms with Gasteiger partial charge in [0.05, 0.1) is 41.6 Å². The summed E-state index contributed by atoms with van der Waals surface area (Å²) in [5, 5.41) is 18.4. The van der Waals surface area contributed by atoms with Crippen LogP contribution in [0.25, 0.3) is 11.4 Å². The minimum atomic E-state index is -0.885. The predicted molar refractivity (Wildman–Crippen MR) is 168 cm³/mol. The van der Waals surface area contributed by atoms with E-state index in [1.165, 1.54) is 21.5 Å². The molecule has 11 nitrogen and oxygen atoms in total. The van der Waals surface area contributed by atoms with E-state index in [1.54, 1.807) is 74.9 Å². The Balaban J connectivity index is 1.81. The van der Waals surface area contributed by atoms with Crippen LogP contribution in [0.2, 0.25) is 0 Å². The number of rotatable bonds is 12. The molecule has 0 fully saturated rings. The van der Waals surface area contributed by atoms with Gasteiger partial charge in [-0.3, -0.25) is 29.9 Å². The summed E-state index contributed by atoms with van der Waals surface area (Å²) in [6.07, 6.45) is 2.50. The van der Waals surface area contributed by atoms with Crippen LogP contribution in [-0.2, 0) is 12.8 Å². The summed E-state index contributed by atoms with van der Waals surface area (Å²) in [6.45, 7) is 4.01. The Bertz CT molecular complexity index is 1770. The molecule has 0 bridgehead atoms. The monoisotopic (exact) mass is 597 g/mol. The highest BCUT2D eigenvalue weighted by molar-refractivity contribution is 5.51. The average Bonchev–Trinajstić information content (AvgIpc) is 3.54. The molecule has 0 spiro atoms. The molecule has 0 amide bonds. The second kappa shape index (κ2) is 12.9. The zero-order valence-corrected chi connectivity index (χ0v) is 25.1. The Morgan fingerprint density at radius 2 is 1.20 bits per heavy atom. The Kier molecular flexibility index (Phi) is 8.84. The number of hydrogen-bond donors (Lipinski definition) is 2. The van der Waals surface area contributed by atoms with Crippen molar-refractivity contribution in [3.8, 4) is 22.9 Å². The number of methoxy groups -OCH3 is 2. The topological polar surface area (TPSA) is 137 Å². The van der Waals surface area contributed by atoms with Crippen LogP contribution in [0, 0.1) is 10.1 Å². The lowest BCUT2D eigenvalue weighted by molar-refractivity contribution is -0.384. The minimum absolute atomic E-state index is 0.126. The van der Waals surface area contributed by atoms with E-state index in [2.05, 4.69) is 10.2 Å². The molecule has 2 heterocycles. The molecule has 0 saturated heterocycles. The van der Waals surface area contributed by atoms with Crippen LogP contribution in [-0.4, -0.2) is 38.7 Å². The van der Waals surface area contributed by atoms with Gasteiger partial charge in [-0.25, -0.2) is 9.36 Å². The van der Waals surface area contributed by atoms with E-state index < -0.39 is 10.8 Å². The molecule has 228 valence electrons. The van der Waals surface area contributed by atoms with Crippen LogP contribution in [0.5, 0.6) is 11.5 Å². The van der Waals surface area contributed by atoms with Gasteiger partial charge in [-0.1, -0.05) is 38.8 Å². The fraction of sp³-hybridized carbons (Fsp3) is 0.273. The SMILES string of the molecule is CCCc1[nH]n(-c2ccc(OC)cc2)c(=O)c1C(c1cccc([N+](=O)[O-])c1)c1c(CCC)[nH]n(-c2ccc(OC)cc2)c1=O. The first-order valence-electron chi connectivity index (χ1n) is 14.5. The van der Waals surface area contributed by atoms with Gasteiger partial charge in [0.15, 0.2) is 0 Å². The molecule has 5 aromatic rings. The number of hydrogen-bond acceptors (Lipinski definition) is 6. The Labute approximate surface area is 253 Å². The summed E-state index contributed by atoms with van der Waals surface area (Å²) < 4.78 is 13.5. The number of H-pyrrole nitrogens is 2. The van der Waals surface area contributed by atoms with E-state index >= 15 is 0 Å². The van der Waals surface area contributed by atoms with Gasteiger partial charge in [-0.15, -0.1) is 0 Å². The maximum absolute atomic E-state index is 14.4. The van der Waals surface area contributed by atoms with Gasteiger partial charge in [-0.2, -0.15) is 0 Å². The summed E-state index contributed by atoms with van der Waals surface area (Å²) >= 11 is 0. The molecule has 3 aromatic carbocycles. The highest BCUT2D eigenvalue weighted by atomic mass is 16.6. The lowest BCUT2D eigenvalue weighted by atomic mass is 9.83. The summed E-state index contributed by atoms with van der Waals surface area (Å²) in [7, 11) is 3.14. The van der Waals surface area contributed by atoms with Crippen molar-refractivity contribution in [1.29, 1.82) is 0 Å². The number of nitrogens with zero attached hydrogens (tertiary/aromatic N) is 3. The molecule has 5 rings (SSSR count). The number of benzene rings is 3. The van der Waals surface area contributed by atoms with Crippen molar-refractivity contribution in [3.05, 3.63) is 132 Å². The van der Waals surface area contributed by atoms with Gasteiger partial charge in [0.25, 0.3) is 16.8 Å². The van der Waals surface area contributed by atoms with Crippen LogP contribution in [0.4, 0.5) is 5.69 Å². The molecule has 0 aliphatic rings. The van der Waals surface area contributed by atoms with Crippen molar-refractivity contribution >= 4 is 5.69 Å². The van der Waals surface area contributed by atoms with Gasteiger partial charge in [0.1, 0.15) is 11.5 Å². The number of nitro groups is 1. The quantitative estimate of drug-likeness (QED) is 0.141. The summed E-state index contributed by atoms with van der Waals surface area (Å²) in [5.74, 6) is 0.407. The van der Waals surface area contributed by atoms with Crippen molar-refractivity contribution in [1.82, 2.24) is 19.6 Å². The van der Waals surface area contributed by atoms with E-state index in [0.717, 1.165) is 12.8 Å². The highest BCUT2D eigenvalue weighted by Gasteiger charge is 2.33. The van der Waals surface area contributed by atoms with Gasteiger partial charge >= 0.3 is 0 Å². The number of non-ortho nitro benzene ring substituents is 1. The smallest absolute Gasteiger partial charge is 0.275 e. The molecular weight excluding hydrogens is 562 g/mol. The van der Waals surface area contributed by atoms with Gasteiger partial charge in [0, 0.05) is 29.4 Å². The van der Waals surface area contributed by atoms with Gasteiger partial charge < -0.3 is 9.47 Å². The van der Waals surface area contributed by atoms with E-state index in [-0.39, 0.29) is 16.8 Å². The first-order valence-corrected chi connectivity index (χ1v) is 14.5. The molecule has 2 N–H and O–H groups in total. The van der Waals surface area contributed by atoms with E-state index in [0.29, 0.717) is 63.8 Å². The van der Waals surface area contributed by atoms with Crippen molar-refractivity contribution in [2.24, 2.45) is 0 Å². The molecule has 0 atom stereocenters. The van der Waals surface area contributed by atoms with Crippen LogP contribution in [0.1, 0.15) is 60.7 Å². The van der Waals surface area contributed by atoms with Crippen molar-refractivity contribution < 1.29 is 14.4 Å². The van der Waals surface area contributed by atoms with Crippen LogP contribution >= 0.6 is 0 Å². The fourth-order valence-electron chi connectivity index (χ4n) is 5.59. The normalized spacial score (nSPS) is 11.2. The number of ether oxygens (including phenoxy) is 2. The lowest BCUT2D eigenvalue weighted by Crippen LogP contribution is -2.26. The fourth-order valence-corrected chi connectivity index (χ4v) is 5.59. The van der Waals surface area contributed by atoms with Crippen molar-refractivity contribution in [2.45, 2.75) is 45.4 Å². The van der Waals surface area contributed by atoms with Crippen LogP contribution in [0.15, 0.2) is 82.4 Å². The predicted octanol–water partition coefficient (Wildman–Crippen LogP) is 5.66. The molecule has 11 heteroatoms. The number of nitro benzene ring substituents is 1. The third kappa shape index (κ3) is 5.68. The number of aromatic amines is 2. The Morgan fingerprint density at radius 1 is 0.750 bits per heavy atom. The minimum Gasteiger partial charge on any atom is -0.497 e. The standard InChI is InChI=1S/C33H35N5O6/c1-5-8-27-30(32(39)36(34-27)22-12-16-25(43-3)17-13-22)29(21-10-7-11-24(20-21)38(41)42)31-28(9-6-2)35-37(33(31)40)23-14-18-26(44-4)19-15-23/h7,10-20,29,34-35H,5-6,8-9H2,1-4H3. The molecule has 44 heavy (non-hydrogen) atoms. The van der Waals surface area contributed by atoms with Gasteiger partial charge in [0.2, 0.25) is 0 Å². The molecule has 0 saturated carbocycles. The summed E-state index contributed by atoms with van der Waals surface area (Å²) in [6, 6.07) is 20.3. The number of nitrogens with one attached hydrogen (secondary N) is 2. The van der Waals surface area contributed by atoms with Crippen LogP contribution in [0.3, 0.4) is 0 Å². The first kappa shape index (κ1) is 30.1. The first-order chi connectivity index (χ1) is 21.3. The zero-order valence-electron chi connectivity index (χ0n) is 25.1. The largest absolute Gasteiger partial charge is 0.497 e. The lowest BCUT2D eigenvalue weighted by Gasteiger charge is -2.17. The highest BCUT2D eigenvalue weighted by Crippen LogP contribution is 2.35. The maximum Gasteiger partial charge on any atom is 0.275 e. The van der Waals surface area contributed by atoms with E-state index in [4.69, 9.17) is 9.47 Å². The molecule has 2 aromatic heterocycles. The molecule has 0 radical (unpaired) electrons. The second-order valence-electron chi connectivity index (χ2n) is 10.5. The Morgan fingerprint density at radius 3 is 1.59 bits per heavy atom. The second-order valence-corrected chi connectivity index (χ2v) is 10.5. The molecule has 0 unspecified atom stereocenters. The van der Waals surface area contributed by atoms with Crippen molar-refractivity contribution in [2.75, 3.05) is 14.2 Å². The zero-order chi connectivity index (χ0) is 31.4. The van der Waals surface area contributed by atoms with Gasteiger partial charge in [-0.05, 0) is 66.9 Å². The van der Waals surface area contributed by atoms with E-state index in [1.807, 2.05) is 13.8 Å². The summed E-state index contributed by atoms with van der Waals surface area (Å²) in [5.41, 5.74) is 2.92. The third-order valence-corrected chi connectivity index (χ3v) is 7.66. The summed E-state index contributed by atoms with van der Waals surface area (Å²) in [4.78, 5) is 40.1. The van der Waals surface area contributed by atoms with E-state index in [9.17, 15) is 19.7 Å². The Hall–Kier alpha value is -5.32. The number of aryl methyl sites for hydroxylation is 2. The average molecular weight is 598 g/mol. The molecule has 0 aliphatic carbocycles. The molecular formula is C33H35N5O6.